The van der Waals surface area contributed by atoms with E-state index in [-0.39, 0.29) is 11.4 Å². The zero-order valence-corrected chi connectivity index (χ0v) is 18.0. The largest absolute Gasteiger partial charge is 0.348 e. The van der Waals surface area contributed by atoms with E-state index < -0.39 is 26.9 Å². The zero-order valence-electron chi connectivity index (χ0n) is 16.3. The van der Waals surface area contributed by atoms with Crippen LogP contribution in [-0.4, -0.2) is 33.3 Å². The van der Waals surface area contributed by atoms with Crippen molar-refractivity contribution in [2.45, 2.75) is 43.8 Å². The van der Waals surface area contributed by atoms with Gasteiger partial charge in [-0.15, -0.1) is 11.3 Å². The maximum Gasteiger partial charge on any atom is 0.309 e. The molecule has 0 fully saturated rings. The fraction of sp³-hybridized carbons (Fsp3) is 0.400. The maximum atomic E-state index is 13.4. The number of carbonyl (C=O) groups is 2. The van der Waals surface area contributed by atoms with E-state index >= 15 is 0 Å². The van der Waals surface area contributed by atoms with E-state index in [0.29, 0.717) is 17.0 Å². The molecule has 0 unspecified atom stereocenters. The first-order valence-corrected chi connectivity index (χ1v) is 11.6. The third-order valence-electron chi connectivity index (χ3n) is 4.36. The molecule has 8 heteroatoms. The number of aryl methyl sites for hydroxylation is 2. The minimum absolute atomic E-state index is 0.170. The van der Waals surface area contributed by atoms with Gasteiger partial charge in [0.15, 0.2) is 9.84 Å². The van der Waals surface area contributed by atoms with Gasteiger partial charge in [-0.05, 0) is 48.9 Å². The molecule has 2 rings (SSSR count). The lowest BCUT2D eigenvalue weighted by Crippen LogP contribution is -2.42. The molecule has 1 aromatic heterocycles. The molecule has 2 aromatic rings. The maximum absolute atomic E-state index is 13.4. The quantitative estimate of drug-likeness (QED) is 0.505. The molecule has 0 saturated carbocycles. The van der Waals surface area contributed by atoms with Gasteiger partial charge in [0, 0.05) is 18.0 Å². The Balaban J connectivity index is 2.23. The Morgan fingerprint density at radius 2 is 1.82 bits per heavy atom. The summed E-state index contributed by atoms with van der Waals surface area (Å²) in [5.74, 6) is -1.57. The van der Waals surface area contributed by atoms with Gasteiger partial charge in [0.2, 0.25) is 0 Å². The first-order valence-electron chi connectivity index (χ1n) is 9.18. The van der Waals surface area contributed by atoms with Gasteiger partial charge in [-0.1, -0.05) is 31.5 Å². The fourth-order valence-corrected chi connectivity index (χ4v) is 5.84. The molecule has 0 aliphatic rings. The van der Waals surface area contributed by atoms with Crippen molar-refractivity contribution in [1.29, 1.82) is 0 Å². The highest BCUT2D eigenvalue weighted by Gasteiger charge is 2.32. The van der Waals surface area contributed by atoms with Gasteiger partial charge in [-0.25, -0.2) is 8.42 Å². The Hall–Kier alpha value is -2.19. The lowest BCUT2D eigenvalue weighted by molar-refractivity contribution is -0.139. The van der Waals surface area contributed by atoms with Crippen LogP contribution in [0.15, 0.2) is 40.6 Å². The number of amides is 2. The second kappa shape index (κ2) is 9.84. The van der Waals surface area contributed by atoms with Crippen LogP contribution in [0.1, 0.15) is 41.0 Å². The lowest BCUT2D eigenvalue weighted by atomic mass is 10.2. The van der Waals surface area contributed by atoms with Crippen molar-refractivity contribution in [2.75, 3.05) is 13.1 Å². The van der Waals surface area contributed by atoms with Gasteiger partial charge >= 0.3 is 11.8 Å². The van der Waals surface area contributed by atoms with Gasteiger partial charge in [0.05, 0.1) is 4.90 Å². The summed E-state index contributed by atoms with van der Waals surface area (Å²) >= 11 is 1.31. The van der Waals surface area contributed by atoms with Crippen LogP contribution in [0.4, 0.5) is 0 Å². The van der Waals surface area contributed by atoms with Crippen molar-refractivity contribution >= 4 is 33.0 Å². The van der Waals surface area contributed by atoms with Crippen LogP contribution in [0.3, 0.4) is 0 Å². The number of rotatable bonds is 8. The number of benzene rings is 1. The van der Waals surface area contributed by atoms with Crippen molar-refractivity contribution in [2.24, 2.45) is 0 Å². The van der Waals surface area contributed by atoms with E-state index in [4.69, 9.17) is 0 Å². The van der Waals surface area contributed by atoms with E-state index in [9.17, 15) is 18.0 Å². The molecule has 1 aromatic carbocycles. The summed E-state index contributed by atoms with van der Waals surface area (Å²) in [5, 5.41) is 5.85. The molecular weight excluding hydrogens is 396 g/mol. The standard InChI is InChI=1S/C20H26N2O4S2/c1-4-5-10-21-19(23)20(24)22-13-18(16-7-6-11-27-16)28(25,26)17-12-14(2)8-9-15(17)3/h6-9,11-12,18H,4-5,10,13H2,1-3H3,(H,21,23)(H,22,24)/t18-/m0/s1. The predicted molar refractivity (Wildman–Crippen MR) is 111 cm³/mol. The van der Waals surface area contributed by atoms with E-state index in [2.05, 4.69) is 10.6 Å². The molecule has 0 bridgehead atoms. The second-order valence-electron chi connectivity index (χ2n) is 6.64. The number of hydrogen-bond acceptors (Lipinski definition) is 5. The van der Waals surface area contributed by atoms with Crippen LogP contribution in [0.25, 0.3) is 0 Å². The minimum Gasteiger partial charge on any atom is -0.348 e. The normalized spacial score (nSPS) is 12.4. The van der Waals surface area contributed by atoms with Gasteiger partial charge < -0.3 is 10.6 Å². The zero-order chi connectivity index (χ0) is 20.7. The first-order chi connectivity index (χ1) is 13.3. The van der Waals surface area contributed by atoms with Crippen molar-refractivity contribution in [3.8, 4) is 0 Å². The summed E-state index contributed by atoms with van der Waals surface area (Å²) in [6.07, 6.45) is 1.67. The molecule has 0 saturated heterocycles. The highest BCUT2D eigenvalue weighted by molar-refractivity contribution is 7.92. The molecule has 2 N–H and O–H groups in total. The van der Waals surface area contributed by atoms with E-state index in [1.807, 2.05) is 19.9 Å². The smallest absolute Gasteiger partial charge is 0.309 e. The topological polar surface area (TPSA) is 92.3 Å². The minimum atomic E-state index is -3.76. The van der Waals surface area contributed by atoms with E-state index in [1.54, 1.807) is 36.6 Å². The van der Waals surface area contributed by atoms with Gasteiger partial charge in [0.25, 0.3) is 0 Å². The Bertz CT molecular complexity index is 922. The molecule has 152 valence electrons. The van der Waals surface area contributed by atoms with E-state index in [1.165, 1.54) is 11.3 Å². The molecule has 0 spiro atoms. The summed E-state index contributed by atoms with van der Waals surface area (Å²) in [6, 6.07) is 8.77. The number of nitrogens with one attached hydrogen (secondary N) is 2. The number of carbonyl (C=O) groups excluding carboxylic acids is 2. The van der Waals surface area contributed by atoms with Crippen molar-refractivity contribution in [3.05, 3.63) is 51.7 Å². The van der Waals surface area contributed by atoms with Crippen LogP contribution in [-0.2, 0) is 19.4 Å². The third kappa shape index (κ3) is 5.42. The summed E-state index contributed by atoms with van der Waals surface area (Å²) in [4.78, 5) is 24.8. The Kier molecular flexibility index (Phi) is 7.77. The van der Waals surface area contributed by atoms with Crippen molar-refractivity contribution < 1.29 is 18.0 Å². The van der Waals surface area contributed by atoms with Crippen molar-refractivity contribution in [1.82, 2.24) is 10.6 Å². The first kappa shape index (κ1) is 22.1. The average Bonchev–Trinajstić information content (AvgIpc) is 3.17. The molecule has 0 aliphatic heterocycles. The van der Waals surface area contributed by atoms with Crippen LogP contribution in [0.5, 0.6) is 0 Å². The highest BCUT2D eigenvalue weighted by atomic mass is 32.2. The molecule has 28 heavy (non-hydrogen) atoms. The van der Waals surface area contributed by atoms with Gasteiger partial charge in [0.1, 0.15) is 5.25 Å². The summed E-state index contributed by atoms with van der Waals surface area (Å²) < 4.78 is 26.7. The van der Waals surface area contributed by atoms with E-state index in [0.717, 1.165) is 18.4 Å². The molecule has 2 amide bonds. The lowest BCUT2D eigenvalue weighted by Gasteiger charge is -2.19. The number of hydrogen-bond donors (Lipinski definition) is 2. The van der Waals surface area contributed by atoms with Crippen LogP contribution >= 0.6 is 11.3 Å². The highest BCUT2D eigenvalue weighted by Crippen LogP contribution is 2.33. The fourth-order valence-electron chi connectivity index (χ4n) is 2.73. The number of sulfone groups is 1. The van der Waals surface area contributed by atoms with Crippen LogP contribution < -0.4 is 10.6 Å². The Morgan fingerprint density at radius 1 is 1.11 bits per heavy atom. The summed E-state index contributed by atoms with van der Waals surface area (Å²) in [7, 11) is -3.76. The molecule has 1 heterocycles. The molecule has 6 nitrogen and oxygen atoms in total. The summed E-state index contributed by atoms with van der Waals surface area (Å²) in [5.41, 5.74) is 1.49. The summed E-state index contributed by atoms with van der Waals surface area (Å²) in [6.45, 7) is 5.81. The SMILES string of the molecule is CCCCNC(=O)C(=O)NC[C@@H](c1cccs1)S(=O)(=O)c1cc(C)ccc1C. The molecule has 0 aliphatic carbocycles. The Labute approximate surface area is 170 Å². The third-order valence-corrected chi connectivity index (χ3v) is 7.71. The van der Waals surface area contributed by atoms with Crippen molar-refractivity contribution in [3.63, 3.8) is 0 Å². The molecular formula is C20H26N2O4S2. The van der Waals surface area contributed by atoms with Gasteiger partial charge in [-0.3, -0.25) is 9.59 Å². The monoisotopic (exact) mass is 422 g/mol. The number of thiophene rings is 1. The average molecular weight is 423 g/mol. The predicted octanol–water partition coefficient (Wildman–Crippen LogP) is 2.91. The second-order valence-corrected chi connectivity index (χ2v) is 9.72. The molecule has 0 radical (unpaired) electrons. The van der Waals surface area contributed by atoms with Crippen LogP contribution in [0.2, 0.25) is 0 Å². The van der Waals surface area contributed by atoms with Gasteiger partial charge in [-0.2, -0.15) is 0 Å². The number of unbranched alkanes of at least 4 members (excludes halogenated alkanes) is 1. The Morgan fingerprint density at radius 3 is 2.46 bits per heavy atom. The van der Waals surface area contributed by atoms with Crippen LogP contribution in [0, 0.1) is 13.8 Å². The molecule has 1 atom stereocenters.